The Kier molecular flexibility index (Phi) is 10.2. The molecule has 0 aromatic heterocycles. The second-order valence-electron chi connectivity index (χ2n) is 11.8. The van der Waals surface area contributed by atoms with E-state index in [2.05, 4.69) is 65.5 Å². The van der Waals surface area contributed by atoms with Crippen molar-refractivity contribution in [2.45, 2.75) is 110 Å². The van der Waals surface area contributed by atoms with Gasteiger partial charge in [0, 0.05) is 11.6 Å². The van der Waals surface area contributed by atoms with Gasteiger partial charge in [-0.2, -0.15) is 0 Å². The molecule has 1 aliphatic rings. The summed E-state index contributed by atoms with van der Waals surface area (Å²) in [7, 11) is -8.53. The summed E-state index contributed by atoms with van der Waals surface area (Å²) in [4.78, 5) is 11.8. The van der Waals surface area contributed by atoms with E-state index in [1.807, 2.05) is 0 Å². The van der Waals surface area contributed by atoms with E-state index >= 15 is 0 Å². The molecule has 0 heterocycles. The molecule has 0 spiro atoms. The highest BCUT2D eigenvalue weighted by Crippen LogP contribution is 2.36. The van der Waals surface area contributed by atoms with Crippen LogP contribution in [0.15, 0.2) is 12.2 Å². The predicted molar refractivity (Wildman–Crippen MR) is 137 cm³/mol. The Bertz CT molecular complexity index is 580. The highest BCUT2D eigenvalue weighted by atomic mass is 28.5. The molecule has 3 unspecified atom stereocenters. The Morgan fingerprint density at radius 1 is 0.903 bits per heavy atom. The van der Waals surface area contributed by atoms with Crippen LogP contribution < -0.4 is 0 Å². The molecule has 10 heteroatoms. The van der Waals surface area contributed by atoms with E-state index < -0.39 is 51.9 Å². The first-order chi connectivity index (χ1) is 13.8. The molecule has 0 saturated heterocycles. The van der Waals surface area contributed by atoms with Crippen molar-refractivity contribution in [3.8, 4) is 0 Å². The largest absolute Gasteiger partial charge is 0.469 e. The summed E-state index contributed by atoms with van der Waals surface area (Å²) in [5.41, 5.74) is 0.362. The van der Waals surface area contributed by atoms with Crippen LogP contribution in [0, 0.1) is 5.92 Å². The molecule has 1 N–H and O–H groups in total. The number of carbonyl (C=O) groups excluding carboxylic acids is 1. The SMILES string of the molecule is C=C(C)C(=O)OC1CCC(CC[Si](O[Si](C)(C)C)(O[Si](C)(C)C)O[Si](C)(C)C)CC1O. The third kappa shape index (κ3) is 11.6. The molecule has 3 atom stereocenters. The fourth-order valence-electron chi connectivity index (χ4n) is 3.84. The van der Waals surface area contributed by atoms with E-state index in [1.54, 1.807) is 6.92 Å². The molecular formula is C21H46O6Si4. The Morgan fingerprint density at radius 3 is 1.71 bits per heavy atom. The zero-order valence-electron chi connectivity index (χ0n) is 21.5. The minimum absolute atomic E-state index is 0.336. The summed E-state index contributed by atoms with van der Waals surface area (Å²) in [5, 5.41) is 10.6. The van der Waals surface area contributed by atoms with E-state index in [0.29, 0.717) is 24.3 Å². The Morgan fingerprint density at radius 2 is 1.35 bits per heavy atom. The van der Waals surface area contributed by atoms with Gasteiger partial charge in [-0.05, 0) is 97.4 Å². The highest BCUT2D eigenvalue weighted by Gasteiger charge is 2.50. The third-order valence-electron chi connectivity index (χ3n) is 4.71. The van der Waals surface area contributed by atoms with Gasteiger partial charge < -0.3 is 22.2 Å². The minimum Gasteiger partial charge on any atom is -0.456 e. The lowest BCUT2D eigenvalue weighted by atomic mass is 9.84. The number of hydrogen-bond acceptors (Lipinski definition) is 6. The van der Waals surface area contributed by atoms with Gasteiger partial charge in [-0.3, -0.25) is 0 Å². The third-order valence-corrected chi connectivity index (χ3v) is 16.7. The van der Waals surface area contributed by atoms with E-state index in [1.165, 1.54) is 0 Å². The fraction of sp³-hybridized carbons (Fsp3) is 0.857. The maximum absolute atomic E-state index is 11.8. The molecule has 0 aromatic rings. The van der Waals surface area contributed by atoms with Crippen molar-refractivity contribution in [2.75, 3.05) is 0 Å². The van der Waals surface area contributed by atoms with Crippen LogP contribution in [0.2, 0.25) is 65.0 Å². The average molecular weight is 507 g/mol. The molecule has 1 saturated carbocycles. The van der Waals surface area contributed by atoms with E-state index in [0.717, 1.165) is 18.9 Å². The first kappa shape index (κ1) is 28.9. The van der Waals surface area contributed by atoms with Crippen LogP contribution in [0.4, 0.5) is 0 Å². The van der Waals surface area contributed by atoms with E-state index in [4.69, 9.17) is 17.1 Å². The van der Waals surface area contributed by atoms with Crippen molar-refractivity contribution >= 4 is 39.7 Å². The normalized spacial score (nSPS) is 23.5. The van der Waals surface area contributed by atoms with Crippen molar-refractivity contribution in [3.63, 3.8) is 0 Å². The molecule has 1 rings (SSSR count). The summed E-state index contributed by atoms with van der Waals surface area (Å²) in [6, 6.07) is 0.777. The smallest absolute Gasteiger partial charge is 0.456 e. The second kappa shape index (κ2) is 10.9. The minimum atomic E-state index is -2.86. The quantitative estimate of drug-likeness (QED) is 0.226. The number of esters is 1. The van der Waals surface area contributed by atoms with Gasteiger partial charge in [-0.15, -0.1) is 0 Å². The van der Waals surface area contributed by atoms with E-state index in [-0.39, 0.29) is 0 Å². The molecule has 31 heavy (non-hydrogen) atoms. The van der Waals surface area contributed by atoms with Gasteiger partial charge in [0.25, 0.3) is 0 Å². The molecule has 6 nitrogen and oxygen atoms in total. The van der Waals surface area contributed by atoms with Crippen LogP contribution in [0.1, 0.15) is 32.6 Å². The zero-order chi connectivity index (χ0) is 24.3. The zero-order valence-corrected chi connectivity index (χ0v) is 25.5. The maximum atomic E-state index is 11.8. The number of rotatable bonds is 11. The van der Waals surface area contributed by atoms with Gasteiger partial charge in [0.2, 0.25) is 0 Å². The number of ether oxygens (including phenoxy) is 1. The fourth-order valence-corrected chi connectivity index (χ4v) is 18.6. The molecule has 0 amide bonds. The number of aliphatic hydroxyl groups is 1. The summed E-state index contributed by atoms with van der Waals surface area (Å²) >= 11 is 0. The first-order valence-electron chi connectivity index (χ1n) is 11.5. The number of hydrogen-bond donors (Lipinski definition) is 1. The van der Waals surface area contributed by atoms with Gasteiger partial charge in [-0.1, -0.05) is 6.58 Å². The topological polar surface area (TPSA) is 74.2 Å². The van der Waals surface area contributed by atoms with Crippen molar-refractivity contribution in [3.05, 3.63) is 12.2 Å². The Labute approximate surface area is 194 Å². The van der Waals surface area contributed by atoms with E-state index in [9.17, 15) is 9.90 Å². The van der Waals surface area contributed by atoms with Crippen LogP contribution in [-0.2, 0) is 21.9 Å². The van der Waals surface area contributed by atoms with Crippen LogP contribution in [0.5, 0.6) is 0 Å². The summed E-state index contributed by atoms with van der Waals surface area (Å²) in [6.07, 6.45) is 1.99. The molecule has 0 radical (unpaired) electrons. The Hall–Kier alpha value is -0.0825. The van der Waals surface area contributed by atoms with Gasteiger partial charge in [0.05, 0.1) is 6.10 Å². The van der Waals surface area contributed by atoms with Gasteiger partial charge in [0.1, 0.15) is 6.10 Å². The van der Waals surface area contributed by atoms with Gasteiger partial charge in [0.15, 0.2) is 25.0 Å². The first-order valence-corrected chi connectivity index (χ1v) is 23.6. The second-order valence-corrected chi connectivity index (χ2v) is 28.8. The molecule has 1 aliphatic carbocycles. The summed E-state index contributed by atoms with van der Waals surface area (Å²) in [5.74, 6) is -0.0908. The van der Waals surface area contributed by atoms with Crippen molar-refractivity contribution < 1.29 is 27.0 Å². The van der Waals surface area contributed by atoms with Crippen LogP contribution in [-0.4, -0.2) is 57.0 Å². The van der Waals surface area contributed by atoms with Crippen LogP contribution in [0.25, 0.3) is 0 Å². The van der Waals surface area contributed by atoms with Crippen LogP contribution >= 0.6 is 0 Å². The summed E-state index contributed by atoms with van der Waals surface area (Å²) in [6.45, 7) is 25.0. The lowest BCUT2D eigenvalue weighted by Crippen LogP contribution is -2.60. The standard InChI is InChI=1S/C21H46O6Si4/c1-17(2)21(23)24-20-13-12-18(16-19(20)22)14-15-31(25-28(3,4)5,26-29(6,7)8)27-30(9,10)11/h18-20,22H,1,12-16H2,2-11H3. The number of carbonyl (C=O) groups is 1. The highest BCUT2D eigenvalue weighted by molar-refractivity contribution is 6.90. The molecule has 0 aromatic carbocycles. The summed E-state index contributed by atoms with van der Waals surface area (Å²) < 4.78 is 25.7. The monoisotopic (exact) mass is 506 g/mol. The van der Waals surface area contributed by atoms with Crippen LogP contribution in [0.3, 0.4) is 0 Å². The molecule has 0 bridgehead atoms. The average Bonchev–Trinajstić information content (AvgIpc) is 2.50. The Balaban J connectivity index is 2.93. The maximum Gasteiger partial charge on any atom is 0.469 e. The molecule has 1 fully saturated rings. The van der Waals surface area contributed by atoms with Crippen molar-refractivity contribution in [1.29, 1.82) is 0 Å². The van der Waals surface area contributed by atoms with Gasteiger partial charge in [-0.25, -0.2) is 4.79 Å². The molecule has 0 aliphatic heterocycles. The van der Waals surface area contributed by atoms with Gasteiger partial charge >= 0.3 is 14.8 Å². The lowest BCUT2D eigenvalue weighted by Gasteiger charge is -2.43. The molecular weight excluding hydrogens is 461 g/mol. The predicted octanol–water partition coefficient (Wildman–Crippen LogP) is 5.52. The molecule has 182 valence electrons. The van der Waals surface area contributed by atoms with Crippen molar-refractivity contribution in [2.24, 2.45) is 5.92 Å². The number of aliphatic hydroxyl groups excluding tert-OH is 1. The van der Waals surface area contributed by atoms with Crippen molar-refractivity contribution in [1.82, 2.24) is 0 Å². The lowest BCUT2D eigenvalue weighted by molar-refractivity contribution is -0.154.